The summed E-state index contributed by atoms with van der Waals surface area (Å²) in [5.74, 6) is 0.434. The van der Waals surface area contributed by atoms with Gasteiger partial charge in [-0.2, -0.15) is 0 Å². The van der Waals surface area contributed by atoms with Gasteiger partial charge in [-0.05, 0) is 77.3 Å². The second-order valence-corrected chi connectivity index (χ2v) is 10.1. The van der Waals surface area contributed by atoms with E-state index in [1.165, 1.54) is 0 Å². The second-order valence-electron chi connectivity index (χ2n) is 9.16. The number of aryl methyl sites for hydroxylation is 1. The molecule has 0 aliphatic carbocycles. The van der Waals surface area contributed by atoms with Crippen molar-refractivity contribution in [2.45, 2.75) is 50.8 Å². The van der Waals surface area contributed by atoms with Gasteiger partial charge in [0.15, 0.2) is 0 Å². The molecule has 0 saturated carbocycles. The van der Waals surface area contributed by atoms with E-state index in [1.54, 1.807) is 6.20 Å². The molecule has 0 radical (unpaired) electrons. The van der Waals surface area contributed by atoms with E-state index in [1.807, 2.05) is 48.5 Å². The molecule has 1 aliphatic rings. The zero-order chi connectivity index (χ0) is 26.9. The summed E-state index contributed by atoms with van der Waals surface area (Å²) >= 11 is 3.52. The summed E-state index contributed by atoms with van der Waals surface area (Å²) in [6.45, 7) is 1.02. The molecule has 10 nitrogen and oxygen atoms in total. The lowest BCUT2D eigenvalue weighted by molar-refractivity contribution is -0.127. The normalized spacial score (nSPS) is 17.0. The number of aromatic nitrogens is 1. The number of piperidine rings is 1. The molecular formula is C27H29BrN6O4. The number of rotatable bonds is 10. The number of carboxylic acid groups (broad SMARTS) is 1. The zero-order valence-electron chi connectivity index (χ0n) is 20.8. The average molecular weight is 581 g/mol. The third-order valence-electron chi connectivity index (χ3n) is 6.63. The Labute approximate surface area is 228 Å². The van der Waals surface area contributed by atoms with Crippen molar-refractivity contribution < 1.29 is 19.4 Å². The molecule has 198 valence electrons. The molecule has 11 heteroatoms. The first-order chi connectivity index (χ1) is 18.5. The maximum atomic E-state index is 12.8. The molecule has 0 unspecified atom stereocenters. The van der Waals surface area contributed by atoms with Crippen molar-refractivity contribution in [3.63, 3.8) is 0 Å². The summed E-state index contributed by atoms with van der Waals surface area (Å²) in [5, 5.41) is 17.0. The molecule has 1 aliphatic heterocycles. The third-order valence-corrected chi connectivity index (χ3v) is 7.06. The van der Waals surface area contributed by atoms with Crippen LogP contribution in [0, 0.1) is 0 Å². The van der Waals surface area contributed by atoms with E-state index in [4.69, 9.17) is 10.3 Å². The van der Waals surface area contributed by atoms with E-state index in [0.717, 1.165) is 50.0 Å². The standard InChI is InChI=1S/C27H29BrN6O4/c28-19-14-22-21(25(10-9-23(22)31-16-19)38-17-18-6-2-1-3-7-18)8-4-5-12-30-26(35)24-15-20(32-33-29)11-13-34(24)27(36)37/h1-3,6-7,9-10,14,16,20,24H,4-5,8,11-13,15,17H2,(H,30,35)(H,36,37)/t20-,24-/m0/s1. The number of hydrogen-bond acceptors (Lipinski definition) is 5. The number of azide groups is 1. The molecular weight excluding hydrogens is 552 g/mol. The Morgan fingerprint density at radius 3 is 2.82 bits per heavy atom. The number of ether oxygens (including phenoxy) is 1. The minimum atomic E-state index is -1.15. The van der Waals surface area contributed by atoms with Crippen LogP contribution in [0.4, 0.5) is 4.79 Å². The van der Waals surface area contributed by atoms with Gasteiger partial charge in [0, 0.05) is 45.7 Å². The molecule has 1 saturated heterocycles. The van der Waals surface area contributed by atoms with Crippen molar-refractivity contribution in [2.75, 3.05) is 13.1 Å². The van der Waals surface area contributed by atoms with E-state index >= 15 is 0 Å². The predicted octanol–water partition coefficient (Wildman–Crippen LogP) is 5.84. The van der Waals surface area contributed by atoms with Crippen LogP contribution >= 0.6 is 15.9 Å². The molecule has 2 heterocycles. The van der Waals surface area contributed by atoms with Gasteiger partial charge in [0.1, 0.15) is 18.4 Å². The van der Waals surface area contributed by atoms with Crippen LogP contribution in [0.25, 0.3) is 21.3 Å². The Morgan fingerprint density at radius 2 is 2.05 bits per heavy atom. The van der Waals surface area contributed by atoms with Gasteiger partial charge in [-0.3, -0.25) is 14.7 Å². The fourth-order valence-electron chi connectivity index (χ4n) is 4.70. The van der Waals surface area contributed by atoms with Gasteiger partial charge in [0.2, 0.25) is 5.91 Å². The van der Waals surface area contributed by atoms with E-state index in [-0.39, 0.29) is 24.9 Å². The monoisotopic (exact) mass is 580 g/mol. The average Bonchev–Trinajstić information content (AvgIpc) is 2.92. The van der Waals surface area contributed by atoms with Gasteiger partial charge in [0.25, 0.3) is 0 Å². The van der Waals surface area contributed by atoms with E-state index in [9.17, 15) is 14.7 Å². The summed E-state index contributed by atoms with van der Waals surface area (Å²) in [5.41, 5.74) is 11.7. The number of carbonyl (C=O) groups excluding carboxylic acids is 1. The molecule has 4 rings (SSSR count). The van der Waals surface area contributed by atoms with Crippen LogP contribution in [0.2, 0.25) is 0 Å². The number of halogens is 1. The maximum absolute atomic E-state index is 12.8. The SMILES string of the molecule is [N-]=[N+]=N[C@H]1CCN(C(=O)O)[C@H](C(=O)NCCCCc2c(OCc3ccccc3)ccc3ncc(Br)cc23)C1. The molecule has 1 fully saturated rings. The summed E-state index contributed by atoms with van der Waals surface area (Å²) in [6, 6.07) is 14.7. The number of fused-ring (bicyclic) bond motifs is 1. The van der Waals surface area contributed by atoms with Crippen molar-refractivity contribution in [3.05, 3.63) is 80.8 Å². The van der Waals surface area contributed by atoms with Crippen molar-refractivity contribution in [1.29, 1.82) is 0 Å². The van der Waals surface area contributed by atoms with Crippen LogP contribution in [0.1, 0.15) is 36.8 Å². The highest BCUT2D eigenvalue weighted by atomic mass is 79.9. The van der Waals surface area contributed by atoms with E-state index in [2.05, 4.69) is 36.3 Å². The number of carbonyl (C=O) groups is 2. The topological polar surface area (TPSA) is 141 Å². The zero-order valence-corrected chi connectivity index (χ0v) is 22.4. The Hall–Kier alpha value is -3.82. The highest BCUT2D eigenvalue weighted by molar-refractivity contribution is 9.10. The van der Waals surface area contributed by atoms with Crippen LogP contribution in [-0.2, 0) is 17.8 Å². The molecule has 0 bridgehead atoms. The lowest BCUT2D eigenvalue weighted by Crippen LogP contribution is -2.54. The highest BCUT2D eigenvalue weighted by Crippen LogP contribution is 2.31. The number of pyridine rings is 1. The Morgan fingerprint density at radius 1 is 1.24 bits per heavy atom. The first-order valence-corrected chi connectivity index (χ1v) is 13.3. The number of hydrogen-bond donors (Lipinski definition) is 2. The van der Waals surface area contributed by atoms with Gasteiger partial charge in [-0.1, -0.05) is 35.4 Å². The van der Waals surface area contributed by atoms with Crippen molar-refractivity contribution in [1.82, 2.24) is 15.2 Å². The molecule has 1 aromatic heterocycles. The molecule has 38 heavy (non-hydrogen) atoms. The molecule has 2 amide bonds. The Balaban J connectivity index is 1.38. The van der Waals surface area contributed by atoms with Crippen LogP contribution < -0.4 is 10.1 Å². The summed E-state index contributed by atoms with van der Waals surface area (Å²) in [4.78, 5) is 32.8. The molecule has 2 N–H and O–H groups in total. The Kier molecular flexibility index (Phi) is 9.40. The number of benzene rings is 2. The fraction of sp³-hybridized carbons (Fsp3) is 0.370. The summed E-state index contributed by atoms with van der Waals surface area (Å²) in [6.07, 6.45) is 3.41. The number of likely N-dealkylation sites (tertiary alicyclic amines) is 1. The van der Waals surface area contributed by atoms with Crippen LogP contribution in [-0.4, -0.2) is 52.2 Å². The number of unbranched alkanes of at least 4 members (excludes halogenated alkanes) is 1. The largest absolute Gasteiger partial charge is 0.489 e. The smallest absolute Gasteiger partial charge is 0.407 e. The van der Waals surface area contributed by atoms with Crippen LogP contribution in [0.5, 0.6) is 5.75 Å². The fourth-order valence-corrected chi connectivity index (χ4v) is 5.03. The number of nitrogens with zero attached hydrogens (tertiary/aromatic N) is 5. The first kappa shape index (κ1) is 27.2. The minimum absolute atomic E-state index is 0.160. The second kappa shape index (κ2) is 13.1. The number of nitrogens with one attached hydrogen (secondary N) is 1. The molecule has 0 spiro atoms. The highest BCUT2D eigenvalue weighted by Gasteiger charge is 2.35. The lowest BCUT2D eigenvalue weighted by atomic mass is 9.97. The van der Waals surface area contributed by atoms with Gasteiger partial charge >= 0.3 is 6.09 Å². The van der Waals surface area contributed by atoms with Gasteiger partial charge in [0.05, 0.1) is 5.52 Å². The van der Waals surface area contributed by atoms with Crippen molar-refractivity contribution in [2.24, 2.45) is 5.11 Å². The maximum Gasteiger partial charge on any atom is 0.407 e. The first-order valence-electron chi connectivity index (χ1n) is 12.5. The minimum Gasteiger partial charge on any atom is -0.489 e. The van der Waals surface area contributed by atoms with Crippen molar-refractivity contribution in [3.8, 4) is 5.75 Å². The Bertz CT molecular complexity index is 1330. The van der Waals surface area contributed by atoms with Crippen LogP contribution in [0.3, 0.4) is 0 Å². The molecule has 2 aromatic carbocycles. The summed E-state index contributed by atoms with van der Waals surface area (Å²) in [7, 11) is 0. The quantitative estimate of drug-likeness (QED) is 0.134. The van der Waals surface area contributed by atoms with Gasteiger partial charge < -0.3 is 15.2 Å². The predicted molar refractivity (Wildman–Crippen MR) is 147 cm³/mol. The summed E-state index contributed by atoms with van der Waals surface area (Å²) < 4.78 is 7.08. The number of amides is 2. The van der Waals surface area contributed by atoms with Crippen LogP contribution in [0.15, 0.2) is 64.3 Å². The van der Waals surface area contributed by atoms with E-state index < -0.39 is 12.1 Å². The molecule has 2 atom stereocenters. The molecule has 3 aromatic rings. The van der Waals surface area contributed by atoms with Crippen molar-refractivity contribution >= 4 is 38.8 Å². The third kappa shape index (κ3) is 6.93. The lowest BCUT2D eigenvalue weighted by Gasteiger charge is -2.35. The van der Waals surface area contributed by atoms with Gasteiger partial charge in [-0.15, -0.1) is 0 Å². The van der Waals surface area contributed by atoms with E-state index in [0.29, 0.717) is 26.0 Å². The van der Waals surface area contributed by atoms with Gasteiger partial charge in [-0.25, -0.2) is 4.79 Å².